The van der Waals surface area contributed by atoms with Crippen molar-refractivity contribution in [2.75, 3.05) is 32.1 Å². The predicted octanol–water partition coefficient (Wildman–Crippen LogP) is 4.46. The number of aryl methyl sites for hydroxylation is 2. The van der Waals surface area contributed by atoms with Gasteiger partial charge in [0.15, 0.2) is 16.6 Å². The van der Waals surface area contributed by atoms with Gasteiger partial charge < -0.3 is 14.4 Å². The molecular weight excluding hydrogens is 434 g/mol. The largest absolute Gasteiger partial charge is 0.482 e. The van der Waals surface area contributed by atoms with Gasteiger partial charge in [-0.2, -0.15) is 0 Å². The maximum absolute atomic E-state index is 13.6. The summed E-state index contributed by atoms with van der Waals surface area (Å²) in [7, 11) is 3.99. The Morgan fingerprint density at radius 2 is 1.77 bits per heavy atom. The van der Waals surface area contributed by atoms with Crippen LogP contribution >= 0.6 is 23.7 Å². The number of carbonyl (C=O) groups is 1. The Morgan fingerprint density at radius 3 is 2.45 bits per heavy atom. The van der Waals surface area contributed by atoms with Crippen LogP contribution in [0, 0.1) is 13.8 Å². The van der Waals surface area contributed by atoms with Crippen LogP contribution in [0.1, 0.15) is 18.1 Å². The lowest BCUT2D eigenvalue weighted by molar-refractivity contribution is -0.130. The lowest BCUT2D eigenvalue weighted by Crippen LogP contribution is -2.52. The van der Waals surface area contributed by atoms with E-state index in [2.05, 4.69) is 30.9 Å². The normalized spacial score (nSPS) is 17.5. The number of ether oxygens (including phenoxy) is 2. The van der Waals surface area contributed by atoms with Gasteiger partial charge in [-0.3, -0.25) is 9.69 Å². The van der Waals surface area contributed by atoms with E-state index in [-0.39, 0.29) is 18.3 Å². The summed E-state index contributed by atoms with van der Waals surface area (Å²) in [5, 5.41) is 0.695. The Kier molecular flexibility index (Phi) is 7.09. The van der Waals surface area contributed by atoms with E-state index < -0.39 is 12.2 Å². The molecule has 0 bridgehead atoms. The quantitative estimate of drug-likeness (QED) is 0.561. The van der Waals surface area contributed by atoms with Crippen molar-refractivity contribution in [1.82, 2.24) is 9.88 Å². The lowest BCUT2D eigenvalue weighted by atomic mass is 10.1. The van der Waals surface area contributed by atoms with E-state index in [0.29, 0.717) is 23.2 Å². The molecule has 0 saturated heterocycles. The van der Waals surface area contributed by atoms with Gasteiger partial charge in [-0.1, -0.05) is 29.5 Å². The van der Waals surface area contributed by atoms with Crippen molar-refractivity contribution in [3.05, 3.63) is 47.5 Å². The lowest BCUT2D eigenvalue weighted by Gasteiger charge is -2.34. The molecule has 1 amide bonds. The first kappa shape index (κ1) is 23.3. The van der Waals surface area contributed by atoms with Crippen molar-refractivity contribution in [3.8, 4) is 11.5 Å². The topological polar surface area (TPSA) is 54.9 Å². The summed E-state index contributed by atoms with van der Waals surface area (Å²) in [6.45, 7) is 7.26. The first-order valence-corrected chi connectivity index (χ1v) is 10.9. The molecule has 166 valence electrons. The number of anilines is 1. The number of para-hydroxylation sites is 2. The van der Waals surface area contributed by atoms with Crippen LogP contribution in [0.15, 0.2) is 36.4 Å². The van der Waals surface area contributed by atoms with Crippen molar-refractivity contribution < 1.29 is 14.3 Å². The first-order chi connectivity index (χ1) is 14.3. The van der Waals surface area contributed by atoms with Crippen LogP contribution in [0.5, 0.6) is 11.5 Å². The molecule has 6 nitrogen and oxygen atoms in total. The molecule has 0 fully saturated rings. The number of fused-ring (bicyclic) bond motifs is 2. The summed E-state index contributed by atoms with van der Waals surface area (Å²) >= 11 is 1.55. The number of thiazole rings is 1. The highest BCUT2D eigenvalue weighted by molar-refractivity contribution is 7.22. The summed E-state index contributed by atoms with van der Waals surface area (Å²) in [6.07, 6.45) is -1.12. The van der Waals surface area contributed by atoms with Crippen LogP contribution in [-0.2, 0) is 4.79 Å². The smallest absolute Gasteiger partial charge is 0.273 e. The number of aromatic nitrogens is 1. The SMILES string of the molecule is Cc1cc(C)c2sc(N(CCN(C)C)C(=O)C3Oc4ccccc4OC3C)nc2c1.Cl. The Bertz CT molecular complexity index is 1090. The first-order valence-electron chi connectivity index (χ1n) is 10.1. The highest BCUT2D eigenvalue weighted by Crippen LogP contribution is 2.36. The van der Waals surface area contributed by atoms with E-state index in [4.69, 9.17) is 14.5 Å². The van der Waals surface area contributed by atoms with E-state index in [0.717, 1.165) is 22.3 Å². The summed E-state index contributed by atoms with van der Waals surface area (Å²) in [4.78, 5) is 22.2. The minimum absolute atomic E-state index is 0. The fraction of sp³-hybridized carbons (Fsp3) is 0.391. The molecule has 2 heterocycles. The molecule has 2 unspecified atom stereocenters. The van der Waals surface area contributed by atoms with Crippen molar-refractivity contribution in [1.29, 1.82) is 0 Å². The second-order valence-electron chi connectivity index (χ2n) is 8.03. The summed E-state index contributed by atoms with van der Waals surface area (Å²) in [5.41, 5.74) is 3.26. The molecule has 0 aliphatic carbocycles. The third kappa shape index (κ3) is 4.79. The number of benzene rings is 2. The van der Waals surface area contributed by atoms with Crippen LogP contribution in [0.4, 0.5) is 5.13 Å². The third-order valence-electron chi connectivity index (χ3n) is 5.16. The van der Waals surface area contributed by atoms with Crippen molar-refractivity contribution in [2.45, 2.75) is 33.0 Å². The van der Waals surface area contributed by atoms with Crippen LogP contribution < -0.4 is 14.4 Å². The highest BCUT2D eigenvalue weighted by Gasteiger charge is 2.38. The highest BCUT2D eigenvalue weighted by atomic mass is 35.5. The predicted molar refractivity (Wildman–Crippen MR) is 128 cm³/mol. The van der Waals surface area contributed by atoms with Crippen LogP contribution in [0.25, 0.3) is 10.2 Å². The molecule has 3 aromatic rings. The monoisotopic (exact) mass is 461 g/mol. The summed E-state index contributed by atoms with van der Waals surface area (Å²) < 4.78 is 13.2. The van der Waals surface area contributed by atoms with Crippen LogP contribution in [-0.4, -0.2) is 55.2 Å². The van der Waals surface area contributed by atoms with Gasteiger partial charge in [-0.25, -0.2) is 4.98 Å². The van der Waals surface area contributed by atoms with Crippen LogP contribution in [0.2, 0.25) is 0 Å². The van der Waals surface area contributed by atoms with E-state index in [9.17, 15) is 4.79 Å². The van der Waals surface area contributed by atoms with Gasteiger partial charge in [0.05, 0.1) is 10.2 Å². The van der Waals surface area contributed by atoms with E-state index >= 15 is 0 Å². The Labute approximate surface area is 193 Å². The Balaban J connectivity index is 0.00000272. The molecule has 4 rings (SSSR count). The van der Waals surface area contributed by atoms with Crippen molar-refractivity contribution >= 4 is 45.0 Å². The number of hydrogen-bond acceptors (Lipinski definition) is 6. The number of nitrogens with zero attached hydrogens (tertiary/aromatic N) is 3. The Morgan fingerprint density at radius 1 is 1.10 bits per heavy atom. The molecule has 0 radical (unpaired) electrons. The molecular formula is C23H28ClN3O3S. The number of likely N-dealkylation sites (N-methyl/N-ethyl adjacent to an activating group) is 1. The average molecular weight is 462 g/mol. The number of hydrogen-bond donors (Lipinski definition) is 0. The van der Waals surface area contributed by atoms with E-state index in [1.54, 1.807) is 16.2 Å². The van der Waals surface area contributed by atoms with Gasteiger partial charge in [0.25, 0.3) is 5.91 Å². The summed E-state index contributed by atoms with van der Waals surface area (Å²) in [6, 6.07) is 11.7. The molecule has 2 aromatic carbocycles. The van der Waals surface area contributed by atoms with Gasteiger partial charge >= 0.3 is 0 Å². The Hall–Kier alpha value is -2.35. The average Bonchev–Trinajstić information content (AvgIpc) is 3.11. The number of carbonyl (C=O) groups excluding carboxylic acids is 1. The molecule has 1 aliphatic rings. The minimum atomic E-state index is -0.725. The number of amides is 1. The number of halogens is 1. The zero-order valence-corrected chi connectivity index (χ0v) is 20.0. The van der Waals surface area contributed by atoms with Gasteiger partial charge in [-0.05, 0) is 64.2 Å². The van der Waals surface area contributed by atoms with Gasteiger partial charge in [0, 0.05) is 13.1 Å². The third-order valence-corrected chi connectivity index (χ3v) is 6.39. The maximum Gasteiger partial charge on any atom is 0.273 e. The van der Waals surface area contributed by atoms with E-state index in [1.165, 1.54) is 5.56 Å². The second-order valence-corrected chi connectivity index (χ2v) is 9.01. The number of rotatable bonds is 5. The second kappa shape index (κ2) is 9.42. The fourth-order valence-corrected chi connectivity index (χ4v) is 4.67. The molecule has 31 heavy (non-hydrogen) atoms. The van der Waals surface area contributed by atoms with Crippen molar-refractivity contribution in [3.63, 3.8) is 0 Å². The van der Waals surface area contributed by atoms with Crippen molar-refractivity contribution in [2.24, 2.45) is 0 Å². The molecule has 2 atom stereocenters. The standard InChI is InChI=1S/C23H27N3O3S.ClH/c1-14-12-15(2)21-17(13-14)24-23(30-21)26(11-10-25(4)5)22(27)20-16(3)28-18-8-6-7-9-19(18)29-20;/h6-9,12-13,16,20H,10-11H2,1-5H3;1H. The van der Waals surface area contributed by atoms with Crippen LogP contribution in [0.3, 0.4) is 0 Å². The molecule has 0 N–H and O–H groups in total. The molecule has 1 aliphatic heterocycles. The molecule has 0 saturated carbocycles. The molecule has 1 aromatic heterocycles. The summed E-state index contributed by atoms with van der Waals surface area (Å²) in [5.74, 6) is 1.13. The van der Waals surface area contributed by atoms with Gasteiger partial charge in [-0.15, -0.1) is 12.4 Å². The maximum atomic E-state index is 13.6. The van der Waals surface area contributed by atoms with Gasteiger partial charge in [0.2, 0.25) is 6.10 Å². The fourth-order valence-electron chi connectivity index (χ4n) is 3.62. The van der Waals surface area contributed by atoms with Gasteiger partial charge in [0.1, 0.15) is 6.10 Å². The zero-order valence-electron chi connectivity index (χ0n) is 18.4. The minimum Gasteiger partial charge on any atom is -0.482 e. The van der Waals surface area contributed by atoms with E-state index in [1.807, 2.05) is 45.3 Å². The molecule has 8 heteroatoms. The zero-order chi connectivity index (χ0) is 21.4. The molecule has 0 spiro atoms.